The van der Waals surface area contributed by atoms with Gasteiger partial charge >= 0.3 is 0 Å². The molecule has 1 rings (SSSR count). The zero-order chi connectivity index (χ0) is 10.1. The van der Waals surface area contributed by atoms with Crippen LogP contribution in [-0.4, -0.2) is 40.9 Å². The maximum absolute atomic E-state index is 9.52. The van der Waals surface area contributed by atoms with Gasteiger partial charge in [0.25, 0.3) is 0 Å². The van der Waals surface area contributed by atoms with Crippen molar-refractivity contribution in [1.82, 2.24) is 0 Å². The molecule has 0 spiro atoms. The summed E-state index contributed by atoms with van der Waals surface area (Å²) in [6, 6.07) is 0. The third kappa shape index (κ3) is 2.51. The average molecular weight is 188 g/mol. The van der Waals surface area contributed by atoms with E-state index in [4.69, 9.17) is 9.47 Å². The predicted octanol–water partition coefficient (Wildman–Crippen LogP) is 0.0457. The molecule has 2 N–H and O–H groups in total. The third-order valence-corrected chi connectivity index (χ3v) is 2.00. The molecule has 1 saturated heterocycles. The van der Waals surface area contributed by atoms with Crippen molar-refractivity contribution in [2.75, 3.05) is 6.61 Å². The molecule has 76 valence electrons. The van der Waals surface area contributed by atoms with Gasteiger partial charge in [0, 0.05) is 0 Å². The molecule has 1 aliphatic heterocycles. The average Bonchev–Trinajstić information content (AvgIpc) is 2.43. The molecule has 0 bridgehead atoms. The molecule has 1 aliphatic rings. The van der Waals surface area contributed by atoms with Crippen LogP contribution in [0, 0.1) is 0 Å². The molecule has 3 atom stereocenters. The molecule has 0 aliphatic carbocycles. The Bertz CT molecular complexity index is 190. The maximum Gasteiger partial charge on any atom is 0.163 e. The summed E-state index contributed by atoms with van der Waals surface area (Å²) in [4.78, 5) is 0. The van der Waals surface area contributed by atoms with Crippen molar-refractivity contribution < 1.29 is 19.7 Å². The van der Waals surface area contributed by atoms with E-state index in [1.807, 2.05) is 0 Å². The summed E-state index contributed by atoms with van der Waals surface area (Å²) in [5.41, 5.74) is 0. The fourth-order valence-electron chi connectivity index (χ4n) is 1.24. The van der Waals surface area contributed by atoms with Gasteiger partial charge < -0.3 is 19.7 Å². The van der Waals surface area contributed by atoms with Gasteiger partial charge in [0.2, 0.25) is 0 Å². The number of aliphatic hydroxyl groups is 2. The second kappa shape index (κ2) is 3.75. The van der Waals surface area contributed by atoms with Crippen molar-refractivity contribution in [3.8, 4) is 0 Å². The van der Waals surface area contributed by atoms with Crippen molar-refractivity contribution in [3.63, 3.8) is 0 Å². The summed E-state index contributed by atoms with van der Waals surface area (Å²) in [5.74, 6) is -0.674. The Labute approximate surface area is 77.8 Å². The van der Waals surface area contributed by atoms with Crippen LogP contribution >= 0.6 is 0 Å². The molecule has 4 nitrogen and oxygen atoms in total. The normalized spacial score (nSPS) is 31.2. The minimum Gasteiger partial charge on any atom is -0.387 e. The molecule has 0 aromatic rings. The maximum atomic E-state index is 9.52. The highest BCUT2D eigenvalue weighted by Gasteiger charge is 2.38. The molecule has 0 radical (unpaired) electrons. The van der Waals surface area contributed by atoms with E-state index in [9.17, 15) is 10.2 Å². The lowest BCUT2D eigenvalue weighted by atomic mass is 10.1. The van der Waals surface area contributed by atoms with Crippen molar-refractivity contribution in [2.45, 2.75) is 37.9 Å². The fourth-order valence-corrected chi connectivity index (χ4v) is 1.24. The fraction of sp³-hybridized carbons (Fsp3) is 0.778. The number of ether oxygens (including phenoxy) is 2. The van der Waals surface area contributed by atoms with Gasteiger partial charge in [-0.3, -0.25) is 0 Å². The van der Waals surface area contributed by atoms with E-state index in [1.54, 1.807) is 13.8 Å². The highest BCUT2D eigenvalue weighted by molar-refractivity contribution is 4.90. The number of hydrogen-bond donors (Lipinski definition) is 2. The molecule has 1 heterocycles. The van der Waals surface area contributed by atoms with Crippen LogP contribution in [0.1, 0.15) is 13.8 Å². The van der Waals surface area contributed by atoms with E-state index < -0.39 is 24.1 Å². The van der Waals surface area contributed by atoms with Crippen LogP contribution in [0.15, 0.2) is 12.7 Å². The Balaban J connectivity index is 2.51. The van der Waals surface area contributed by atoms with E-state index in [0.717, 1.165) is 0 Å². The molecule has 0 amide bonds. The number of aliphatic hydroxyl groups excluding tert-OH is 2. The molecule has 0 saturated carbocycles. The van der Waals surface area contributed by atoms with Gasteiger partial charge in [0.1, 0.15) is 18.3 Å². The van der Waals surface area contributed by atoms with Crippen LogP contribution in [0.5, 0.6) is 0 Å². The lowest BCUT2D eigenvalue weighted by Crippen LogP contribution is -2.38. The van der Waals surface area contributed by atoms with Gasteiger partial charge in [-0.25, -0.2) is 0 Å². The first-order valence-electron chi connectivity index (χ1n) is 4.27. The van der Waals surface area contributed by atoms with Crippen LogP contribution in [0.2, 0.25) is 0 Å². The SMILES string of the molecule is C=C[C@H](O)[C@H](O)[C@H]1COC(C)(C)O1. The van der Waals surface area contributed by atoms with Crippen LogP contribution in [0.3, 0.4) is 0 Å². The van der Waals surface area contributed by atoms with Crippen molar-refractivity contribution in [2.24, 2.45) is 0 Å². The number of hydrogen-bond acceptors (Lipinski definition) is 4. The van der Waals surface area contributed by atoms with E-state index in [0.29, 0.717) is 6.61 Å². The summed E-state index contributed by atoms with van der Waals surface area (Å²) in [6.45, 7) is 7.20. The Hall–Kier alpha value is -0.420. The Kier molecular flexibility index (Phi) is 3.08. The Morgan fingerprint density at radius 2 is 2.15 bits per heavy atom. The lowest BCUT2D eigenvalue weighted by Gasteiger charge is -2.22. The molecular weight excluding hydrogens is 172 g/mol. The quantitative estimate of drug-likeness (QED) is 0.614. The standard InChI is InChI=1S/C9H16O4/c1-4-6(10)8(11)7-5-12-9(2,3)13-7/h4,6-8,10-11H,1,5H2,2-3H3/t6-,7+,8-/m0/s1. The molecule has 4 heteroatoms. The van der Waals surface area contributed by atoms with Crippen LogP contribution < -0.4 is 0 Å². The first-order valence-corrected chi connectivity index (χ1v) is 4.27. The van der Waals surface area contributed by atoms with E-state index in [2.05, 4.69) is 6.58 Å². The van der Waals surface area contributed by atoms with Gasteiger partial charge in [-0.2, -0.15) is 0 Å². The largest absolute Gasteiger partial charge is 0.387 e. The lowest BCUT2D eigenvalue weighted by molar-refractivity contribution is -0.157. The highest BCUT2D eigenvalue weighted by atomic mass is 16.7. The zero-order valence-corrected chi connectivity index (χ0v) is 7.93. The van der Waals surface area contributed by atoms with Crippen molar-refractivity contribution in [3.05, 3.63) is 12.7 Å². The van der Waals surface area contributed by atoms with Crippen molar-refractivity contribution in [1.29, 1.82) is 0 Å². The topological polar surface area (TPSA) is 58.9 Å². The predicted molar refractivity (Wildman–Crippen MR) is 47.1 cm³/mol. The third-order valence-electron chi connectivity index (χ3n) is 2.00. The Morgan fingerprint density at radius 3 is 2.54 bits per heavy atom. The molecular formula is C9H16O4. The summed E-state index contributed by atoms with van der Waals surface area (Å²) in [7, 11) is 0. The van der Waals surface area contributed by atoms with Gasteiger partial charge in [-0.15, -0.1) is 6.58 Å². The van der Waals surface area contributed by atoms with E-state index >= 15 is 0 Å². The monoisotopic (exact) mass is 188 g/mol. The van der Waals surface area contributed by atoms with Crippen LogP contribution in [0.4, 0.5) is 0 Å². The summed E-state index contributed by atoms with van der Waals surface area (Å²) in [6.07, 6.45) is -1.15. The molecule has 0 aromatic carbocycles. The molecule has 13 heavy (non-hydrogen) atoms. The molecule has 0 unspecified atom stereocenters. The number of rotatable bonds is 3. The minimum atomic E-state index is -0.973. The minimum absolute atomic E-state index is 0.291. The summed E-state index contributed by atoms with van der Waals surface area (Å²) in [5, 5.41) is 18.8. The van der Waals surface area contributed by atoms with Crippen molar-refractivity contribution >= 4 is 0 Å². The van der Waals surface area contributed by atoms with Gasteiger partial charge in [0.15, 0.2) is 5.79 Å². The summed E-state index contributed by atoms with van der Waals surface area (Å²) < 4.78 is 10.6. The van der Waals surface area contributed by atoms with E-state index in [1.165, 1.54) is 6.08 Å². The van der Waals surface area contributed by atoms with Gasteiger partial charge in [-0.05, 0) is 13.8 Å². The first-order chi connectivity index (χ1) is 5.96. The second-order valence-corrected chi connectivity index (χ2v) is 3.58. The molecule has 0 aromatic heterocycles. The summed E-state index contributed by atoms with van der Waals surface area (Å²) >= 11 is 0. The smallest absolute Gasteiger partial charge is 0.163 e. The van der Waals surface area contributed by atoms with Crippen LogP contribution in [-0.2, 0) is 9.47 Å². The van der Waals surface area contributed by atoms with Gasteiger partial charge in [0.05, 0.1) is 6.61 Å². The first kappa shape index (κ1) is 10.7. The Morgan fingerprint density at radius 1 is 1.54 bits per heavy atom. The zero-order valence-electron chi connectivity index (χ0n) is 7.93. The van der Waals surface area contributed by atoms with Gasteiger partial charge in [-0.1, -0.05) is 6.08 Å². The molecule has 1 fully saturated rings. The highest BCUT2D eigenvalue weighted by Crippen LogP contribution is 2.25. The van der Waals surface area contributed by atoms with Crippen LogP contribution in [0.25, 0.3) is 0 Å². The van der Waals surface area contributed by atoms with E-state index in [-0.39, 0.29) is 0 Å². The second-order valence-electron chi connectivity index (χ2n) is 3.58.